The Morgan fingerprint density at radius 2 is 1.47 bits per heavy atom. The number of ether oxygens (including phenoxy) is 2. The Balaban J connectivity index is 0.000000420. The number of benzene rings is 1. The van der Waals surface area contributed by atoms with E-state index in [1.54, 1.807) is 7.11 Å². The van der Waals surface area contributed by atoms with Gasteiger partial charge in [0.05, 0.1) is 26.6 Å². The minimum Gasteiger partial charge on any atom is -0.493 e. The van der Waals surface area contributed by atoms with Gasteiger partial charge in [0.25, 0.3) is 0 Å². The molecular weight excluding hydrogens is 558 g/mol. The van der Waals surface area contributed by atoms with Crippen LogP contribution in [0.15, 0.2) is 42.7 Å². The van der Waals surface area contributed by atoms with E-state index < -0.39 is 36.4 Å². The number of nitrogens with one attached hydrogen (secondary N) is 1. The van der Waals surface area contributed by atoms with Crippen LogP contribution in [0.4, 0.5) is 0 Å². The maximum atomic E-state index is 10.3. The predicted octanol–water partition coefficient (Wildman–Crippen LogP) is 3.55. The highest BCUT2D eigenvalue weighted by Gasteiger charge is 2.41. The van der Waals surface area contributed by atoms with Crippen LogP contribution in [0, 0.1) is 0 Å². The number of nitrogens with zero attached hydrogens (tertiary/aromatic N) is 2. The van der Waals surface area contributed by atoms with E-state index in [-0.39, 0.29) is 11.1 Å². The molecule has 2 aromatic rings. The minimum atomic E-state index is -2.74. The number of aliphatic carboxylic acids is 3. The highest BCUT2D eigenvalue weighted by molar-refractivity contribution is 5.88. The molecule has 5 N–H and O–H groups in total. The number of carbonyl (C=O) groups is 3. The Kier molecular flexibility index (Phi) is 12.5. The van der Waals surface area contributed by atoms with Crippen molar-refractivity contribution in [2.45, 2.75) is 96.1 Å². The molecule has 0 atom stereocenters. The summed E-state index contributed by atoms with van der Waals surface area (Å²) in [4.78, 5) is 37.3. The fraction of sp³-hybridized carbons (Fsp3) is 0.548. The van der Waals surface area contributed by atoms with E-state index in [1.807, 2.05) is 25.4 Å². The van der Waals surface area contributed by atoms with E-state index in [2.05, 4.69) is 67.2 Å². The molecule has 43 heavy (non-hydrogen) atoms. The molecule has 12 nitrogen and oxygen atoms in total. The molecule has 3 rings (SSSR count). The van der Waals surface area contributed by atoms with Crippen LogP contribution in [-0.4, -0.2) is 84.7 Å². The second-order valence-corrected chi connectivity index (χ2v) is 12.1. The summed E-state index contributed by atoms with van der Waals surface area (Å²) in [5.41, 5.74) is -0.0215. The SMILES string of the molecule is CCOc1ccc(CN(Cc2ccncc2)C2CC(C)(C)NC(C)(C)C2)cc1OC.O=C(O)CC(O)(CC(=O)O)C(=O)O. The molecule has 1 saturated heterocycles. The molecule has 12 heteroatoms. The molecule has 0 saturated carbocycles. The number of carboxylic acid groups (broad SMARTS) is 3. The van der Waals surface area contributed by atoms with Gasteiger partial charge in [0.15, 0.2) is 17.1 Å². The van der Waals surface area contributed by atoms with Crippen molar-refractivity contribution < 1.29 is 44.3 Å². The van der Waals surface area contributed by atoms with Crippen molar-refractivity contribution in [1.82, 2.24) is 15.2 Å². The van der Waals surface area contributed by atoms with Gasteiger partial charge in [0.1, 0.15) is 0 Å². The van der Waals surface area contributed by atoms with Gasteiger partial charge in [-0.05, 0) is 82.9 Å². The normalized spacial score (nSPS) is 16.1. The van der Waals surface area contributed by atoms with E-state index in [9.17, 15) is 14.4 Å². The van der Waals surface area contributed by atoms with Crippen LogP contribution in [0.3, 0.4) is 0 Å². The zero-order valence-electron chi connectivity index (χ0n) is 25.8. The Morgan fingerprint density at radius 1 is 0.930 bits per heavy atom. The second-order valence-electron chi connectivity index (χ2n) is 12.1. The average molecular weight is 604 g/mol. The van der Waals surface area contributed by atoms with E-state index in [1.165, 1.54) is 11.1 Å². The Morgan fingerprint density at radius 3 is 1.93 bits per heavy atom. The van der Waals surface area contributed by atoms with Crippen molar-refractivity contribution >= 4 is 17.9 Å². The van der Waals surface area contributed by atoms with Crippen molar-refractivity contribution in [3.05, 3.63) is 53.9 Å². The number of rotatable bonds is 13. The van der Waals surface area contributed by atoms with E-state index >= 15 is 0 Å². The summed E-state index contributed by atoms with van der Waals surface area (Å²) in [7, 11) is 1.70. The number of hydrogen-bond donors (Lipinski definition) is 5. The molecule has 0 bridgehead atoms. The quantitative estimate of drug-likeness (QED) is 0.225. The lowest BCUT2D eigenvalue weighted by Crippen LogP contribution is -2.62. The van der Waals surface area contributed by atoms with Crippen molar-refractivity contribution in [2.24, 2.45) is 0 Å². The summed E-state index contributed by atoms with van der Waals surface area (Å²) in [6.45, 7) is 13.6. The zero-order valence-corrected chi connectivity index (χ0v) is 25.8. The Bertz CT molecular complexity index is 1200. The van der Waals surface area contributed by atoms with Crippen LogP contribution >= 0.6 is 0 Å². The third-order valence-electron chi connectivity index (χ3n) is 7.02. The van der Waals surface area contributed by atoms with E-state index in [0.29, 0.717) is 12.6 Å². The molecule has 1 aromatic carbocycles. The zero-order chi connectivity index (χ0) is 32.4. The molecule has 1 aromatic heterocycles. The smallest absolute Gasteiger partial charge is 0.336 e. The Labute approximate surface area is 252 Å². The van der Waals surface area contributed by atoms with Crippen molar-refractivity contribution in [2.75, 3.05) is 13.7 Å². The van der Waals surface area contributed by atoms with Gasteiger partial charge in [-0.25, -0.2) is 4.79 Å². The first-order valence-electron chi connectivity index (χ1n) is 14.1. The molecule has 2 heterocycles. The van der Waals surface area contributed by atoms with E-state index in [0.717, 1.165) is 37.4 Å². The van der Waals surface area contributed by atoms with Gasteiger partial charge in [0.2, 0.25) is 0 Å². The van der Waals surface area contributed by atoms with Gasteiger partial charge in [-0.3, -0.25) is 19.5 Å². The van der Waals surface area contributed by atoms with Crippen molar-refractivity contribution in [1.29, 1.82) is 0 Å². The maximum absolute atomic E-state index is 10.3. The molecule has 1 aliphatic rings. The lowest BCUT2D eigenvalue weighted by Gasteiger charge is -2.49. The summed E-state index contributed by atoms with van der Waals surface area (Å²) in [6, 6.07) is 11.0. The number of carboxylic acids is 3. The summed E-state index contributed by atoms with van der Waals surface area (Å²) < 4.78 is 11.3. The first-order chi connectivity index (χ1) is 20.0. The van der Waals surface area contributed by atoms with Crippen molar-refractivity contribution in [3.8, 4) is 11.5 Å². The third-order valence-corrected chi connectivity index (χ3v) is 7.02. The summed E-state index contributed by atoms with van der Waals surface area (Å²) in [5, 5.41) is 37.6. The minimum absolute atomic E-state index is 0.0967. The molecule has 1 aliphatic heterocycles. The van der Waals surface area contributed by atoms with Crippen LogP contribution in [-0.2, 0) is 27.5 Å². The van der Waals surface area contributed by atoms with Crippen LogP contribution in [0.1, 0.15) is 71.4 Å². The number of aliphatic hydroxyl groups is 1. The molecule has 0 unspecified atom stereocenters. The van der Waals surface area contributed by atoms with Crippen LogP contribution in [0.2, 0.25) is 0 Å². The van der Waals surface area contributed by atoms with Crippen LogP contribution < -0.4 is 14.8 Å². The molecule has 238 valence electrons. The van der Waals surface area contributed by atoms with Gasteiger partial charge < -0.3 is 35.2 Å². The molecule has 1 fully saturated rings. The lowest BCUT2D eigenvalue weighted by molar-refractivity contribution is -0.170. The standard InChI is InChI=1S/C25H37N3O2.C6H8O7/c1-7-30-22-9-8-20(14-23(22)29-6)18-28(17-19-10-12-26-13-11-19)21-15-24(2,3)27-25(4,5)16-21;7-3(8)1-6(13,5(11)12)2-4(9)10/h8-14,21,27H,7,15-18H2,1-6H3;13H,1-2H2,(H,7,8)(H,9,10)(H,11,12). The number of methoxy groups -OCH3 is 1. The second kappa shape index (κ2) is 15.1. The molecule has 0 radical (unpaired) electrons. The van der Waals surface area contributed by atoms with Crippen LogP contribution in [0.5, 0.6) is 11.5 Å². The first kappa shape index (κ1) is 35.5. The van der Waals surface area contributed by atoms with Gasteiger partial charge in [-0.2, -0.15) is 0 Å². The largest absolute Gasteiger partial charge is 0.493 e. The third kappa shape index (κ3) is 11.5. The number of pyridine rings is 1. The highest BCUT2D eigenvalue weighted by Crippen LogP contribution is 2.34. The van der Waals surface area contributed by atoms with Gasteiger partial charge in [-0.15, -0.1) is 0 Å². The molecule has 0 spiro atoms. The lowest BCUT2D eigenvalue weighted by atomic mass is 9.79. The number of hydrogen-bond acceptors (Lipinski definition) is 9. The summed E-state index contributed by atoms with van der Waals surface area (Å²) in [6.07, 6.45) is 3.68. The van der Waals surface area contributed by atoms with Crippen molar-refractivity contribution in [3.63, 3.8) is 0 Å². The molecule has 0 amide bonds. The average Bonchev–Trinajstić information content (AvgIpc) is 2.87. The first-order valence-corrected chi connectivity index (χ1v) is 14.1. The van der Waals surface area contributed by atoms with Gasteiger partial charge in [0, 0.05) is 42.6 Å². The number of piperidine rings is 1. The van der Waals surface area contributed by atoms with Crippen LogP contribution in [0.25, 0.3) is 0 Å². The summed E-state index contributed by atoms with van der Waals surface area (Å²) >= 11 is 0. The summed E-state index contributed by atoms with van der Waals surface area (Å²) in [5.74, 6) is -3.42. The molecule has 0 aliphatic carbocycles. The molecular formula is C31H45N3O9. The van der Waals surface area contributed by atoms with E-state index in [4.69, 9.17) is 29.9 Å². The monoisotopic (exact) mass is 603 g/mol. The predicted molar refractivity (Wildman–Crippen MR) is 159 cm³/mol. The maximum Gasteiger partial charge on any atom is 0.336 e. The topological polar surface area (TPSA) is 179 Å². The number of aromatic nitrogens is 1. The van der Waals surface area contributed by atoms with Gasteiger partial charge in [-0.1, -0.05) is 6.07 Å². The van der Waals surface area contributed by atoms with Gasteiger partial charge >= 0.3 is 17.9 Å². The fourth-order valence-electron chi connectivity index (χ4n) is 5.60. The fourth-order valence-corrected chi connectivity index (χ4v) is 5.60. The Hall–Kier alpha value is -3.74. The highest BCUT2D eigenvalue weighted by atomic mass is 16.5.